The molecular weight excluding hydrogens is 286 g/mol. The van der Waals surface area contributed by atoms with Gasteiger partial charge in [0.2, 0.25) is 5.82 Å². The summed E-state index contributed by atoms with van der Waals surface area (Å²) < 4.78 is 7.04. The van der Waals surface area contributed by atoms with Gasteiger partial charge in [0.1, 0.15) is 11.4 Å². The van der Waals surface area contributed by atoms with Gasteiger partial charge in [-0.2, -0.15) is 0 Å². The first kappa shape index (κ1) is 14.8. The molecule has 8 heteroatoms. The van der Waals surface area contributed by atoms with Gasteiger partial charge in [0, 0.05) is 12.6 Å². The summed E-state index contributed by atoms with van der Waals surface area (Å²) in [7, 11) is 0. The molecule has 0 aromatic carbocycles. The molecule has 0 radical (unpaired) electrons. The predicted molar refractivity (Wildman–Crippen MR) is 77.2 cm³/mol. The molecule has 0 atom stereocenters. The van der Waals surface area contributed by atoms with Gasteiger partial charge in [-0.3, -0.25) is 9.69 Å². The summed E-state index contributed by atoms with van der Waals surface area (Å²) in [6.07, 6.45) is 1.67. The third-order valence-corrected chi connectivity index (χ3v) is 3.43. The van der Waals surface area contributed by atoms with Crippen LogP contribution in [0.2, 0.25) is 0 Å². The number of hydrogen-bond acceptors (Lipinski definition) is 5. The van der Waals surface area contributed by atoms with Crippen molar-refractivity contribution in [3.05, 3.63) is 11.6 Å². The summed E-state index contributed by atoms with van der Waals surface area (Å²) in [5.41, 5.74) is -0.530. The first-order valence-electron chi connectivity index (χ1n) is 7.54. The Kier molecular flexibility index (Phi) is 3.54. The summed E-state index contributed by atoms with van der Waals surface area (Å²) >= 11 is 0. The van der Waals surface area contributed by atoms with Crippen molar-refractivity contribution in [1.82, 2.24) is 25.0 Å². The van der Waals surface area contributed by atoms with Crippen LogP contribution in [-0.4, -0.2) is 49.9 Å². The molecule has 1 aliphatic carbocycles. The molecule has 120 valence electrons. The monoisotopic (exact) mass is 307 g/mol. The second-order valence-electron chi connectivity index (χ2n) is 6.72. The van der Waals surface area contributed by atoms with Gasteiger partial charge in [0.15, 0.2) is 0 Å². The fraction of sp³-hybridized carbons (Fsp3) is 0.714. The number of amides is 2. The van der Waals surface area contributed by atoms with Gasteiger partial charge in [-0.1, -0.05) is 0 Å². The van der Waals surface area contributed by atoms with Crippen LogP contribution in [0, 0.1) is 0 Å². The molecule has 0 bridgehead atoms. The zero-order valence-electron chi connectivity index (χ0n) is 13.1. The molecule has 0 saturated heterocycles. The number of nitrogens with one attached hydrogen (secondary N) is 1. The lowest BCUT2D eigenvalue weighted by Gasteiger charge is -2.29. The smallest absolute Gasteiger partial charge is 0.410 e. The molecule has 2 amide bonds. The van der Waals surface area contributed by atoms with E-state index in [0.29, 0.717) is 25.5 Å². The van der Waals surface area contributed by atoms with Gasteiger partial charge < -0.3 is 10.1 Å². The van der Waals surface area contributed by atoms with Crippen LogP contribution in [0.3, 0.4) is 0 Å². The van der Waals surface area contributed by atoms with E-state index in [-0.39, 0.29) is 23.9 Å². The Labute approximate surface area is 128 Å². The SMILES string of the molecule is CC(C)(C)OC(=O)N1CCn2nc(C(=O)NC3CC3)nc2C1. The predicted octanol–water partition coefficient (Wildman–Crippen LogP) is 0.921. The molecule has 0 spiro atoms. The van der Waals surface area contributed by atoms with Gasteiger partial charge in [-0.25, -0.2) is 14.5 Å². The highest BCUT2D eigenvalue weighted by atomic mass is 16.6. The van der Waals surface area contributed by atoms with E-state index in [9.17, 15) is 9.59 Å². The molecule has 1 N–H and O–H groups in total. The zero-order chi connectivity index (χ0) is 15.9. The second kappa shape index (κ2) is 5.26. The summed E-state index contributed by atoms with van der Waals surface area (Å²) in [5.74, 6) is 0.541. The molecule has 2 heterocycles. The van der Waals surface area contributed by atoms with Crippen LogP contribution in [0.1, 0.15) is 50.1 Å². The molecule has 3 rings (SSSR count). The van der Waals surface area contributed by atoms with E-state index in [2.05, 4.69) is 15.4 Å². The van der Waals surface area contributed by atoms with Crippen molar-refractivity contribution in [3.8, 4) is 0 Å². The van der Waals surface area contributed by atoms with Crippen LogP contribution in [0.5, 0.6) is 0 Å². The Bertz CT molecular complexity index is 600. The molecule has 22 heavy (non-hydrogen) atoms. The van der Waals surface area contributed by atoms with E-state index in [1.54, 1.807) is 9.58 Å². The van der Waals surface area contributed by atoms with Crippen LogP contribution in [0.4, 0.5) is 4.79 Å². The van der Waals surface area contributed by atoms with E-state index in [1.165, 1.54) is 0 Å². The number of nitrogens with zero attached hydrogens (tertiary/aromatic N) is 4. The van der Waals surface area contributed by atoms with Crippen LogP contribution in [0.15, 0.2) is 0 Å². The fourth-order valence-corrected chi connectivity index (χ4v) is 2.19. The van der Waals surface area contributed by atoms with Crippen LogP contribution in [0.25, 0.3) is 0 Å². The van der Waals surface area contributed by atoms with Gasteiger partial charge in [-0.05, 0) is 33.6 Å². The molecule has 8 nitrogen and oxygen atoms in total. The molecule has 1 aromatic rings. The number of rotatable bonds is 2. The summed E-state index contributed by atoms with van der Waals surface area (Å²) in [5, 5.41) is 7.08. The minimum Gasteiger partial charge on any atom is -0.444 e. The fourth-order valence-electron chi connectivity index (χ4n) is 2.19. The molecule has 1 saturated carbocycles. The van der Waals surface area contributed by atoms with Crippen LogP contribution < -0.4 is 5.32 Å². The van der Waals surface area contributed by atoms with Crippen molar-refractivity contribution < 1.29 is 14.3 Å². The highest BCUT2D eigenvalue weighted by Gasteiger charge is 2.30. The average molecular weight is 307 g/mol. The minimum atomic E-state index is -0.530. The number of hydrogen-bond donors (Lipinski definition) is 1. The van der Waals surface area contributed by atoms with Crippen molar-refractivity contribution in [3.63, 3.8) is 0 Å². The van der Waals surface area contributed by atoms with Gasteiger partial charge in [0.25, 0.3) is 5.91 Å². The van der Waals surface area contributed by atoms with E-state index < -0.39 is 5.60 Å². The lowest BCUT2D eigenvalue weighted by molar-refractivity contribution is 0.0190. The van der Waals surface area contributed by atoms with E-state index in [4.69, 9.17) is 4.74 Å². The highest BCUT2D eigenvalue weighted by Crippen LogP contribution is 2.19. The Balaban J connectivity index is 1.66. The van der Waals surface area contributed by atoms with Gasteiger partial charge in [0.05, 0.1) is 13.1 Å². The maximum Gasteiger partial charge on any atom is 0.410 e. The van der Waals surface area contributed by atoms with Crippen molar-refractivity contribution in [2.45, 2.75) is 58.3 Å². The molecule has 1 aliphatic heterocycles. The van der Waals surface area contributed by atoms with E-state index >= 15 is 0 Å². The van der Waals surface area contributed by atoms with Crippen molar-refractivity contribution in [2.75, 3.05) is 6.54 Å². The van der Waals surface area contributed by atoms with E-state index in [0.717, 1.165) is 12.8 Å². The molecule has 1 fully saturated rings. The number of ether oxygens (including phenoxy) is 1. The average Bonchev–Trinajstić information content (AvgIpc) is 3.12. The standard InChI is InChI=1S/C14H21N5O3/c1-14(2,3)22-13(21)18-6-7-19-10(8-18)16-11(17-19)12(20)15-9-4-5-9/h9H,4-8H2,1-3H3,(H,15,20). The first-order chi connectivity index (χ1) is 10.3. The van der Waals surface area contributed by atoms with Crippen LogP contribution >= 0.6 is 0 Å². The molecule has 2 aliphatic rings. The maximum atomic E-state index is 12.1. The summed E-state index contributed by atoms with van der Waals surface area (Å²) in [6.45, 7) is 6.80. The molecule has 1 aromatic heterocycles. The first-order valence-corrected chi connectivity index (χ1v) is 7.54. The third-order valence-electron chi connectivity index (χ3n) is 3.43. The van der Waals surface area contributed by atoms with E-state index in [1.807, 2.05) is 20.8 Å². The second-order valence-corrected chi connectivity index (χ2v) is 6.72. The van der Waals surface area contributed by atoms with Crippen molar-refractivity contribution >= 4 is 12.0 Å². The summed E-state index contributed by atoms with van der Waals surface area (Å²) in [4.78, 5) is 29.9. The van der Waals surface area contributed by atoms with Crippen molar-refractivity contribution in [1.29, 1.82) is 0 Å². The number of carbonyl (C=O) groups excluding carboxylic acids is 2. The number of aromatic nitrogens is 3. The Morgan fingerprint density at radius 2 is 2.00 bits per heavy atom. The lowest BCUT2D eigenvalue weighted by atomic mass is 10.2. The molecular formula is C14H21N5O3. The largest absolute Gasteiger partial charge is 0.444 e. The Hall–Kier alpha value is -2.12. The topological polar surface area (TPSA) is 89.4 Å². The zero-order valence-corrected chi connectivity index (χ0v) is 13.1. The number of carbonyl (C=O) groups is 2. The minimum absolute atomic E-state index is 0.174. The van der Waals surface area contributed by atoms with Gasteiger partial charge in [-0.15, -0.1) is 5.10 Å². The van der Waals surface area contributed by atoms with Gasteiger partial charge >= 0.3 is 6.09 Å². The molecule has 0 unspecified atom stereocenters. The maximum absolute atomic E-state index is 12.1. The van der Waals surface area contributed by atoms with Crippen LogP contribution in [-0.2, 0) is 17.8 Å². The lowest BCUT2D eigenvalue weighted by Crippen LogP contribution is -2.41. The Morgan fingerprint density at radius 1 is 1.27 bits per heavy atom. The summed E-state index contributed by atoms with van der Waals surface area (Å²) in [6, 6.07) is 0.270. The third kappa shape index (κ3) is 3.37. The quantitative estimate of drug-likeness (QED) is 0.877. The normalized spacial score (nSPS) is 17.9. The highest BCUT2D eigenvalue weighted by molar-refractivity contribution is 5.90. The number of fused-ring (bicyclic) bond motifs is 1. The van der Waals surface area contributed by atoms with Crippen molar-refractivity contribution in [2.24, 2.45) is 0 Å². The Morgan fingerprint density at radius 3 is 2.64 bits per heavy atom.